The van der Waals surface area contributed by atoms with Crippen molar-refractivity contribution in [3.63, 3.8) is 0 Å². The number of hydrogen-bond donors (Lipinski definition) is 2. The lowest BCUT2D eigenvalue weighted by Gasteiger charge is -1.99. The van der Waals surface area contributed by atoms with Gasteiger partial charge in [-0.3, -0.25) is 9.59 Å². The first kappa shape index (κ1) is 13.7. The summed E-state index contributed by atoms with van der Waals surface area (Å²) in [6, 6.07) is 3.61. The molecule has 1 aromatic carbocycles. The highest BCUT2D eigenvalue weighted by Gasteiger charge is 2.06. The van der Waals surface area contributed by atoms with Crippen molar-refractivity contribution in [1.29, 1.82) is 0 Å². The van der Waals surface area contributed by atoms with Crippen LogP contribution >= 0.6 is 0 Å². The maximum Gasteiger partial charge on any atom is 0.249 e. The van der Waals surface area contributed by atoms with Gasteiger partial charge in [-0.05, 0) is 18.2 Å². The number of primary amides is 1. The second-order valence-corrected chi connectivity index (χ2v) is 3.59. The van der Waals surface area contributed by atoms with Crippen molar-refractivity contribution >= 4 is 11.8 Å². The predicted molar refractivity (Wildman–Crippen MR) is 65.1 cm³/mol. The number of carbonyl (C=O) groups excluding carboxylic acids is 2. The number of carbonyl (C=O) groups is 2. The van der Waals surface area contributed by atoms with E-state index < -0.39 is 11.7 Å². The smallest absolute Gasteiger partial charge is 0.249 e. The summed E-state index contributed by atoms with van der Waals surface area (Å²) in [6.45, 7) is 1.81. The lowest BCUT2D eigenvalue weighted by Crippen LogP contribution is -2.20. The van der Waals surface area contributed by atoms with Gasteiger partial charge in [0.2, 0.25) is 11.8 Å². The van der Waals surface area contributed by atoms with Gasteiger partial charge in [0.05, 0.1) is 5.56 Å². The molecule has 0 unspecified atom stereocenters. The number of amides is 2. The molecule has 1 aromatic rings. The van der Waals surface area contributed by atoms with Crippen molar-refractivity contribution in [2.75, 3.05) is 6.54 Å². The first-order valence-electron chi connectivity index (χ1n) is 5.33. The van der Waals surface area contributed by atoms with Crippen LogP contribution in [0.2, 0.25) is 0 Å². The molecule has 5 heteroatoms. The second kappa shape index (κ2) is 6.40. The maximum atomic E-state index is 13.0. The third-order valence-electron chi connectivity index (χ3n) is 2.09. The summed E-state index contributed by atoms with van der Waals surface area (Å²) in [5.41, 5.74) is 5.59. The molecule has 0 fully saturated rings. The molecule has 3 N–H and O–H groups in total. The fraction of sp³-hybridized carbons (Fsp3) is 0.231. The molecule has 0 aromatic heterocycles. The minimum absolute atomic E-state index is 0.139. The first-order valence-corrected chi connectivity index (χ1v) is 5.33. The fourth-order valence-corrected chi connectivity index (χ4v) is 1.29. The van der Waals surface area contributed by atoms with Crippen LogP contribution in [0.5, 0.6) is 0 Å². The number of hydrogen-bond acceptors (Lipinski definition) is 2. The van der Waals surface area contributed by atoms with E-state index >= 15 is 0 Å². The second-order valence-electron chi connectivity index (χ2n) is 3.59. The van der Waals surface area contributed by atoms with Crippen LogP contribution in [0.4, 0.5) is 4.39 Å². The summed E-state index contributed by atoms with van der Waals surface area (Å²) in [7, 11) is 0. The van der Waals surface area contributed by atoms with E-state index in [9.17, 15) is 14.0 Å². The van der Waals surface area contributed by atoms with Crippen LogP contribution in [0.1, 0.15) is 29.3 Å². The van der Waals surface area contributed by atoms with Crippen molar-refractivity contribution in [3.8, 4) is 11.8 Å². The molecule has 2 amide bonds. The van der Waals surface area contributed by atoms with Gasteiger partial charge < -0.3 is 11.1 Å². The third kappa shape index (κ3) is 4.26. The van der Waals surface area contributed by atoms with E-state index in [-0.39, 0.29) is 17.0 Å². The van der Waals surface area contributed by atoms with Crippen molar-refractivity contribution in [3.05, 3.63) is 35.1 Å². The summed E-state index contributed by atoms with van der Waals surface area (Å²) < 4.78 is 13.0. The molecule has 1 rings (SSSR count). The molecule has 0 heterocycles. The SMILES string of the molecule is CC(=O)NCCC#Cc1cc(F)ccc1C(N)=O. The summed E-state index contributed by atoms with van der Waals surface area (Å²) in [5, 5.41) is 2.57. The lowest BCUT2D eigenvalue weighted by atomic mass is 10.1. The maximum absolute atomic E-state index is 13.0. The van der Waals surface area contributed by atoms with E-state index in [4.69, 9.17) is 5.73 Å². The van der Waals surface area contributed by atoms with Gasteiger partial charge in [0, 0.05) is 25.5 Å². The topological polar surface area (TPSA) is 72.2 Å². The summed E-state index contributed by atoms with van der Waals surface area (Å²) in [6.07, 6.45) is 0.411. The Morgan fingerprint density at radius 2 is 2.17 bits per heavy atom. The molecule has 4 nitrogen and oxygen atoms in total. The number of nitrogens with one attached hydrogen (secondary N) is 1. The first-order chi connectivity index (χ1) is 8.50. The molecule has 0 atom stereocenters. The zero-order valence-corrected chi connectivity index (χ0v) is 9.92. The van der Waals surface area contributed by atoms with Crippen molar-refractivity contribution in [2.45, 2.75) is 13.3 Å². The number of benzene rings is 1. The van der Waals surface area contributed by atoms with E-state index in [1.807, 2.05) is 0 Å². The van der Waals surface area contributed by atoms with Gasteiger partial charge in [0.25, 0.3) is 0 Å². The Balaban J connectivity index is 2.77. The van der Waals surface area contributed by atoms with Crippen LogP contribution in [0.25, 0.3) is 0 Å². The van der Waals surface area contributed by atoms with Gasteiger partial charge in [-0.15, -0.1) is 0 Å². The molecule has 0 aliphatic carbocycles. The molecule has 0 saturated heterocycles. The van der Waals surface area contributed by atoms with Crippen LogP contribution < -0.4 is 11.1 Å². The molecule has 0 bridgehead atoms. The Kier molecular flexibility index (Phi) is 4.88. The van der Waals surface area contributed by atoms with Gasteiger partial charge in [-0.1, -0.05) is 11.8 Å². The van der Waals surface area contributed by atoms with Gasteiger partial charge in [-0.2, -0.15) is 0 Å². The highest BCUT2D eigenvalue weighted by Crippen LogP contribution is 2.09. The summed E-state index contributed by atoms with van der Waals surface area (Å²) in [5.74, 6) is 4.14. The van der Waals surface area contributed by atoms with Crippen LogP contribution in [0.15, 0.2) is 18.2 Å². The zero-order valence-electron chi connectivity index (χ0n) is 9.92. The Morgan fingerprint density at radius 1 is 1.44 bits per heavy atom. The predicted octanol–water partition coefficient (Wildman–Crippen LogP) is 0.802. The minimum Gasteiger partial charge on any atom is -0.366 e. The molecular weight excluding hydrogens is 235 g/mol. The highest BCUT2D eigenvalue weighted by molar-refractivity contribution is 5.95. The molecule has 0 saturated carbocycles. The van der Waals surface area contributed by atoms with E-state index in [0.717, 1.165) is 12.1 Å². The highest BCUT2D eigenvalue weighted by atomic mass is 19.1. The van der Waals surface area contributed by atoms with Crippen molar-refractivity contribution in [2.24, 2.45) is 5.73 Å². The fourth-order valence-electron chi connectivity index (χ4n) is 1.29. The molecule has 94 valence electrons. The van der Waals surface area contributed by atoms with Crippen LogP contribution in [-0.4, -0.2) is 18.4 Å². The van der Waals surface area contributed by atoms with Crippen LogP contribution in [0, 0.1) is 17.7 Å². The summed E-state index contributed by atoms with van der Waals surface area (Å²) in [4.78, 5) is 21.7. The van der Waals surface area contributed by atoms with Gasteiger partial charge in [0.1, 0.15) is 5.82 Å². The Labute approximate surface area is 104 Å². The monoisotopic (exact) mass is 248 g/mol. The van der Waals surface area contributed by atoms with Crippen LogP contribution in [-0.2, 0) is 4.79 Å². The number of halogens is 1. The summed E-state index contributed by atoms with van der Waals surface area (Å²) >= 11 is 0. The number of rotatable bonds is 3. The molecule has 0 radical (unpaired) electrons. The molecule has 0 aliphatic heterocycles. The average molecular weight is 248 g/mol. The quantitative estimate of drug-likeness (QED) is 0.613. The zero-order chi connectivity index (χ0) is 13.5. The molecule has 0 spiro atoms. The third-order valence-corrected chi connectivity index (χ3v) is 2.09. The van der Waals surface area contributed by atoms with Gasteiger partial charge in [-0.25, -0.2) is 4.39 Å². The van der Waals surface area contributed by atoms with E-state index in [2.05, 4.69) is 17.2 Å². The Hall–Kier alpha value is -2.35. The largest absolute Gasteiger partial charge is 0.366 e. The minimum atomic E-state index is -0.652. The van der Waals surface area contributed by atoms with E-state index in [0.29, 0.717) is 13.0 Å². The van der Waals surface area contributed by atoms with Crippen molar-refractivity contribution < 1.29 is 14.0 Å². The van der Waals surface area contributed by atoms with Crippen molar-refractivity contribution in [1.82, 2.24) is 5.32 Å². The molecular formula is C13H13FN2O2. The van der Waals surface area contributed by atoms with E-state index in [1.54, 1.807) is 0 Å². The van der Waals surface area contributed by atoms with Gasteiger partial charge in [0.15, 0.2) is 0 Å². The molecule has 18 heavy (non-hydrogen) atoms. The standard InChI is InChI=1S/C13H13FN2O2/c1-9(17)16-7-3-2-4-10-8-11(14)5-6-12(10)13(15)18/h5-6,8H,3,7H2,1H3,(H2,15,18)(H,16,17). The van der Waals surface area contributed by atoms with Crippen LogP contribution in [0.3, 0.4) is 0 Å². The lowest BCUT2D eigenvalue weighted by molar-refractivity contribution is -0.118. The normalized spacial score (nSPS) is 9.22. The average Bonchev–Trinajstić information content (AvgIpc) is 2.27. The number of nitrogens with two attached hydrogens (primary N) is 1. The van der Waals surface area contributed by atoms with E-state index in [1.165, 1.54) is 13.0 Å². The Morgan fingerprint density at radius 3 is 2.78 bits per heavy atom. The Bertz CT molecular complexity index is 530. The molecule has 0 aliphatic rings. The van der Waals surface area contributed by atoms with Gasteiger partial charge >= 0.3 is 0 Å².